The number of benzene rings is 1. The number of rotatable bonds is 1. The monoisotopic (exact) mass is 260 g/mol. The van der Waals surface area contributed by atoms with Crippen LogP contribution in [0.1, 0.15) is 5.56 Å². The minimum absolute atomic E-state index is 0.840. The maximum absolute atomic E-state index is 4.53. The molecule has 0 unspecified atom stereocenters. The summed E-state index contributed by atoms with van der Waals surface area (Å²) >= 11 is 0. The lowest BCUT2D eigenvalue weighted by Crippen LogP contribution is -1.90. The summed E-state index contributed by atoms with van der Waals surface area (Å²) in [5, 5.41) is 1.14. The van der Waals surface area contributed by atoms with Gasteiger partial charge in [-0.2, -0.15) is 0 Å². The molecule has 0 amide bonds. The normalized spacial score (nSPS) is 11.2. The average molecular weight is 260 g/mol. The molecule has 4 nitrogen and oxygen atoms in total. The zero-order chi connectivity index (χ0) is 13.5. The van der Waals surface area contributed by atoms with Crippen molar-refractivity contribution in [2.45, 2.75) is 6.92 Å². The van der Waals surface area contributed by atoms with E-state index in [4.69, 9.17) is 0 Å². The van der Waals surface area contributed by atoms with Crippen LogP contribution in [-0.4, -0.2) is 19.4 Å². The molecule has 0 aliphatic rings. The summed E-state index contributed by atoms with van der Waals surface area (Å²) in [5.74, 6) is 0. The first kappa shape index (κ1) is 11.1. The molecular weight excluding hydrogens is 248 g/mol. The van der Waals surface area contributed by atoms with Crippen LogP contribution in [0.3, 0.4) is 0 Å². The fraction of sp³-hybridized carbons (Fsp3) is 0.0625. The van der Waals surface area contributed by atoms with E-state index in [1.807, 2.05) is 29.1 Å². The van der Waals surface area contributed by atoms with Crippen LogP contribution in [0.5, 0.6) is 0 Å². The summed E-state index contributed by atoms with van der Waals surface area (Å²) in [6.45, 7) is 2.09. The smallest absolute Gasteiger partial charge is 0.155 e. The quantitative estimate of drug-likeness (QED) is 0.527. The van der Waals surface area contributed by atoms with Crippen molar-refractivity contribution in [1.82, 2.24) is 19.4 Å². The van der Waals surface area contributed by atoms with E-state index in [1.54, 1.807) is 12.4 Å². The maximum Gasteiger partial charge on any atom is 0.155 e. The number of fused-ring (bicyclic) bond motifs is 2. The van der Waals surface area contributed by atoms with Crippen molar-refractivity contribution in [3.05, 3.63) is 60.8 Å². The molecule has 4 heteroatoms. The van der Waals surface area contributed by atoms with Gasteiger partial charge in [-0.3, -0.25) is 14.4 Å². The minimum atomic E-state index is 0.840. The first-order valence-electron chi connectivity index (χ1n) is 6.45. The number of hydrogen-bond acceptors (Lipinski definition) is 3. The van der Waals surface area contributed by atoms with Crippen molar-refractivity contribution in [3.63, 3.8) is 0 Å². The highest BCUT2D eigenvalue weighted by Crippen LogP contribution is 2.23. The van der Waals surface area contributed by atoms with Crippen molar-refractivity contribution in [3.8, 4) is 11.3 Å². The third-order valence-corrected chi connectivity index (χ3v) is 3.45. The number of nitrogens with zero attached hydrogens (tertiary/aromatic N) is 4. The molecule has 0 radical (unpaired) electrons. The first-order valence-corrected chi connectivity index (χ1v) is 6.45. The number of aryl methyl sites for hydroxylation is 1. The molecule has 0 atom stereocenters. The highest BCUT2D eigenvalue weighted by Gasteiger charge is 2.07. The van der Waals surface area contributed by atoms with Crippen LogP contribution < -0.4 is 0 Å². The highest BCUT2D eigenvalue weighted by atomic mass is 15.0. The number of hydrogen-bond donors (Lipinski definition) is 0. The lowest BCUT2D eigenvalue weighted by atomic mass is 10.1. The van der Waals surface area contributed by atoms with Gasteiger partial charge in [0.25, 0.3) is 0 Å². The van der Waals surface area contributed by atoms with E-state index in [9.17, 15) is 0 Å². The van der Waals surface area contributed by atoms with E-state index >= 15 is 0 Å². The third kappa shape index (κ3) is 1.66. The van der Waals surface area contributed by atoms with E-state index < -0.39 is 0 Å². The number of imidazole rings is 1. The Balaban J connectivity index is 1.97. The molecule has 0 aliphatic heterocycles. The van der Waals surface area contributed by atoms with Crippen LogP contribution in [0.25, 0.3) is 27.8 Å². The van der Waals surface area contributed by atoms with E-state index in [1.165, 1.54) is 5.56 Å². The van der Waals surface area contributed by atoms with Crippen LogP contribution in [0.2, 0.25) is 0 Å². The second-order valence-electron chi connectivity index (χ2n) is 4.87. The fourth-order valence-corrected chi connectivity index (χ4v) is 2.45. The number of aromatic nitrogens is 4. The standard InChI is InChI=1S/C16H12N4/c1-11-2-3-14-12(6-11)7-13(8-18-14)15-9-19-16-10-17-4-5-20(15)16/h2-10H,1H3. The summed E-state index contributed by atoms with van der Waals surface area (Å²) < 4.78 is 2.02. The molecule has 3 aromatic heterocycles. The second-order valence-corrected chi connectivity index (χ2v) is 4.87. The lowest BCUT2D eigenvalue weighted by molar-refractivity contribution is 1.13. The molecule has 1 aromatic carbocycles. The summed E-state index contributed by atoms with van der Waals surface area (Å²) in [7, 11) is 0. The minimum Gasteiger partial charge on any atom is -0.297 e. The molecule has 0 saturated heterocycles. The zero-order valence-electron chi connectivity index (χ0n) is 11.0. The first-order chi connectivity index (χ1) is 9.81. The van der Waals surface area contributed by atoms with Crippen LogP contribution in [-0.2, 0) is 0 Å². The fourth-order valence-electron chi connectivity index (χ4n) is 2.45. The van der Waals surface area contributed by atoms with Crippen LogP contribution in [0.15, 0.2) is 55.2 Å². The van der Waals surface area contributed by atoms with Gasteiger partial charge in [-0.15, -0.1) is 0 Å². The molecule has 4 rings (SSSR count). The van der Waals surface area contributed by atoms with Gasteiger partial charge in [-0.25, -0.2) is 4.98 Å². The van der Waals surface area contributed by atoms with Crippen LogP contribution in [0, 0.1) is 6.92 Å². The lowest BCUT2D eigenvalue weighted by Gasteiger charge is -2.04. The summed E-state index contributed by atoms with van der Waals surface area (Å²) in [5.41, 5.74) is 5.17. The SMILES string of the molecule is Cc1ccc2ncc(-c3cnc4cnccn34)cc2c1. The Morgan fingerprint density at radius 2 is 1.95 bits per heavy atom. The van der Waals surface area contributed by atoms with E-state index in [0.717, 1.165) is 27.8 Å². The molecule has 0 saturated carbocycles. The molecule has 3 heterocycles. The van der Waals surface area contributed by atoms with E-state index in [0.29, 0.717) is 0 Å². The molecule has 4 aromatic rings. The van der Waals surface area contributed by atoms with Gasteiger partial charge in [-0.1, -0.05) is 11.6 Å². The van der Waals surface area contributed by atoms with Crippen molar-refractivity contribution in [2.24, 2.45) is 0 Å². The van der Waals surface area contributed by atoms with Crippen molar-refractivity contribution >= 4 is 16.6 Å². The average Bonchev–Trinajstić information content (AvgIpc) is 2.90. The molecule has 0 N–H and O–H groups in total. The topological polar surface area (TPSA) is 43.1 Å². The Morgan fingerprint density at radius 1 is 1.00 bits per heavy atom. The van der Waals surface area contributed by atoms with Crippen molar-refractivity contribution in [2.75, 3.05) is 0 Å². The summed E-state index contributed by atoms with van der Waals surface area (Å²) in [6, 6.07) is 8.43. The predicted octanol–water partition coefficient (Wildman–Crippen LogP) is 3.25. The number of pyridine rings is 1. The Kier molecular flexibility index (Phi) is 2.29. The zero-order valence-corrected chi connectivity index (χ0v) is 11.0. The van der Waals surface area contributed by atoms with Crippen molar-refractivity contribution < 1.29 is 0 Å². The van der Waals surface area contributed by atoms with Crippen LogP contribution in [0.4, 0.5) is 0 Å². The van der Waals surface area contributed by atoms with Gasteiger partial charge in [0.15, 0.2) is 5.65 Å². The summed E-state index contributed by atoms with van der Waals surface area (Å²) in [4.78, 5) is 13.0. The summed E-state index contributed by atoms with van der Waals surface area (Å²) in [6.07, 6.45) is 9.17. The highest BCUT2D eigenvalue weighted by molar-refractivity contribution is 5.83. The molecule has 20 heavy (non-hydrogen) atoms. The van der Waals surface area contributed by atoms with Crippen molar-refractivity contribution in [1.29, 1.82) is 0 Å². The van der Waals surface area contributed by atoms with E-state index in [2.05, 4.69) is 40.1 Å². The van der Waals surface area contributed by atoms with Gasteiger partial charge in [0.05, 0.1) is 23.6 Å². The van der Waals surface area contributed by atoms with Gasteiger partial charge in [-0.05, 0) is 25.1 Å². The Bertz CT molecular complexity index is 924. The third-order valence-electron chi connectivity index (χ3n) is 3.45. The van der Waals surface area contributed by atoms with Crippen LogP contribution >= 0.6 is 0 Å². The van der Waals surface area contributed by atoms with Gasteiger partial charge >= 0.3 is 0 Å². The van der Waals surface area contributed by atoms with E-state index in [-0.39, 0.29) is 0 Å². The van der Waals surface area contributed by atoms with Gasteiger partial charge in [0, 0.05) is 29.5 Å². The molecule has 0 aliphatic carbocycles. The molecule has 0 bridgehead atoms. The predicted molar refractivity (Wildman–Crippen MR) is 78.5 cm³/mol. The second kappa shape index (κ2) is 4.13. The molecule has 0 spiro atoms. The maximum atomic E-state index is 4.53. The van der Waals surface area contributed by atoms with Gasteiger partial charge < -0.3 is 0 Å². The Morgan fingerprint density at radius 3 is 2.90 bits per heavy atom. The Labute approximate surface area is 115 Å². The largest absolute Gasteiger partial charge is 0.297 e. The molecule has 96 valence electrons. The van der Waals surface area contributed by atoms with Gasteiger partial charge in [0.2, 0.25) is 0 Å². The Hall–Kier alpha value is -2.75. The molecular formula is C16H12N4. The van der Waals surface area contributed by atoms with Gasteiger partial charge in [0.1, 0.15) is 0 Å². The molecule has 0 fully saturated rings.